The number of nitrogens with zero attached hydrogens (tertiary/aromatic N) is 2. The van der Waals surface area contributed by atoms with Gasteiger partial charge in [-0.1, -0.05) is 176 Å². The summed E-state index contributed by atoms with van der Waals surface area (Å²) < 4.78 is 32.6. The van der Waals surface area contributed by atoms with E-state index in [0.717, 1.165) is 54.9 Å². The monoisotopic (exact) mass is 806 g/mol. The number of fused-ring (bicyclic) bond motifs is 5. The highest BCUT2D eigenvalue weighted by Crippen LogP contribution is 2.54. The van der Waals surface area contributed by atoms with Crippen molar-refractivity contribution in [1.82, 2.24) is 9.55 Å². The van der Waals surface area contributed by atoms with E-state index in [9.17, 15) is 0 Å². The van der Waals surface area contributed by atoms with Gasteiger partial charge in [0.25, 0.3) is 0 Å². The summed E-state index contributed by atoms with van der Waals surface area (Å²) in [6.45, 7) is 0. The molecule has 0 saturated heterocycles. The lowest BCUT2D eigenvalue weighted by Crippen LogP contribution is -2.74. The second-order valence-electron chi connectivity index (χ2n) is 15.5. The van der Waals surface area contributed by atoms with Crippen LogP contribution >= 0.6 is 0 Å². The summed E-state index contributed by atoms with van der Waals surface area (Å²) in [5.74, 6) is 0. The van der Waals surface area contributed by atoms with Crippen molar-refractivity contribution in [1.29, 1.82) is 0 Å². The lowest BCUT2D eigenvalue weighted by molar-refractivity contribution is 0.579. The Balaban J connectivity index is 1.30. The molecule has 10 aromatic rings. The lowest BCUT2D eigenvalue weighted by atomic mass is 9.64. The predicted octanol–water partition coefficient (Wildman–Crippen LogP) is 9.09. The molecule has 1 aliphatic rings. The zero-order chi connectivity index (χ0) is 40.3. The highest BCUT2D eigenvalue weighted by atomic mass is 32.2. The number of aromatic nitrogens is 2. The first-order chi connectivity index (χ1) is 29.5. The van der Waals surface area contributed by atoms with E-state index in [0.29, 0.717) is 9.79 Å². The van der Waals surface area contributed by atoms with Gasteiger partial charge in [0, 0.05) is 17.0 Å². The Morgan fingerprint density at radius 2 is 1.00 bits per heavy atom. The van der Waals surface area contributed by atoms with Crippen LogP contribution in [0.25, 0.3) is 27.5 Å². The van der Waals surface area contributed by atoms with E-state index >= 15 is 8.42 Å². The molecule has 1 atom stereocenters. The zero-order valence-corrected chi connectivity index (χ0v) is 34.4. The molecule has 11 rings (SSSR count). The smallest absolute Gasteiger partial charge is 0.207 e. The summed E-state index contributed by atoms with van der Waals surface area (Å²) in [7, 11) is -7.03. The fourth-order valence-electron chi connectivity index (χ4n) is 10.1. The summed E-state index contributed by atoms with van der Waals surface area (Å²) >= 11 is 0. The third-order valence-corrected chi connectivity index (χ3v) is 19.2. The van der Waals surface area contributed by atoms with Crippen LogP contribution in [0.1, 0.15) is 22.3 Å². The van der Waals surface area contributed by atoms with Crippen LogP contribution in [0.5, 0.6) is 0 Å². The van der Waals surface area contributed by atoms with Crippen molar-refractivity contribution < 1.29 is 8.42 Å². The van der Waals surface area contributed by atoms with Gasteiger partial charge in [0.2, 0.25) is 9.84 Å². The summed E-state index contributed by atoms with van der Waals surface area (Å²) in [6, 6.07) is 76.0. The minimum atomic E-state index is -3.95. The lowest BCUT2D eigenvalue weighted by Gasteiger charge is -2.43. The molecule has 0 radical (unpaired) electrons. The maximum atomic E-state index is 15.2. The van der Waals surface area contributed by atoms with Crippen LogP contribution in [0.2, 0.25) is 0 Å². The molecule has 8 aromatic carbocycles. The average Bonchev–Trinajstić information content (AvgIpc) is 3.65. The van der Waals surface area contributed by atoms with Gasteiger partial charge in [-0.15, -0.1) is 0 Å². The quantitative estimate of drug-likeness (QED) is 0.119. The van der Waals surface area contributed by atoms with Crippen molar-refractivity contribution in [3.8, 4) is 5.69 Å². The number of rotatable bonds is 7. The van der Waals surface area contributed by atoms with Crippen molar-refractivity contribution in [2.75, 3.05) is 0 Å². The van der Waals surface area contributed by atoms with Crippen LogP contribution in [0.4, 0.5) is 0 Å². The SMILES string of the molecule is O=S1(=O)c2ccccc2C(c2ccccc2)(c2ccc3c(c2)c2ccccc2n3-c2cccnc2)c2cc([Si](c3ccccc3)(c3ccccc3)c3ccccc3)ccc21. The van der Waals surface area contributed by atoms with Gasteiger partial charge in [-0.25, -0.2) is 8.42 Å². The van der Waals surface area contributed by atoms with Crippen molar-refractivity contribution in [2.24, 2.45) is 0 Å². The van der Waals surface area contributed by atoms with Crippen LogP contribution in [0.3, 0.4) is 0 Å². The Morgan fingerprint density at radius 1 is 0.433 bits per heavy atom. The van der Waals surface area contributed by atoms with Gasteiger partial charge in [0.15, 0.2) is 8.07 Å². The van der Waals surface area contributed by atoms with Gasteiger partial charge >= 0.3 is 0 Å². The molecule has 0 amide bonds. The molecule has 0 N–H and O–H groups in total. The topological polar surface area (TPSA) is 52.0 Å². The van der Waals surface area contributed by atoms with E-state index in [1.165, 1.54) is 15.6 Å². The first-order valence-corrected chi connectivity index (χ1v) is 23.7. The van der Waals surface area contributed by atoms with E-state index < -0.39 is 23.3 Å². The zero-order valence-electron chi connectivity index (χ0n) is 32.6. The third-order valence-electron chi connectivity index (χ3n) is 12.5. The number of hydrogen-bond acceptors (Lipinski definition) is 3. The Labute approximate surface area is 350 Å². The summed E-state index contributed by atoms with van der Waals surface area (Å²) in [5, 5.41) is 6.95. The summed E-state index contributed by atoms with van der Waals surface area (Å²) in [6.07, 6.45) is 3.69. The van der Waals surface area contributed by atoms with E-state index in [1.807, 2.05) is 42.6 Å². The van der Waals surface area contributed by atoms with Crippen LogP contribution in [0.15, 0.2) is 241 Å². The van der Waals surface area contributed by atoms with E-state index in [1.54, 1.807) is 12.3 Å². The standard InChI is InChI=1S/C54H38N2O2SSi/c57-59(58)52-30-16-14-28-48(52)54(39-18-5-1-6-19-39,40-31-33-51-47(36-40)46-27-13-15-29-50(46)56(51)41-20-17-35-55-38-41)49-37-45(32-34-53(49)59)60(42-21-7-2-8-22-42,43-23-9-3-10-24-43)44-25-11-4-12-26-44/h1-38H. The van der Waals surface area contributed by atoms with Gasteiger partial charge in [-0.3, -0.25) is 4.98 Å². The molecule has 1 unspecified atom stereocenters. The van der Waals surface area contributed by atoms with Crippen molar-refractivity contribution in [3.63, 3.8) is 0 Å². The Kier molecular flexibility index (Phi) is 8.41. The minimum Gasteiger partial charge on any atom is -0.308 e. The van der Waals surface area contributed by atoms with Crippen molar-refractivity contribution >= 4 is 60.5 Å². The summed E-state index contributed by atoms with van der Waals surface area (Å²) in [5.41, 5.74) is 5.54. The first kappa shape index (κ1) is 36.0. The molecular formula is C54H38N2O2SSi. The molecule has 0 fully saturated rings. The highest BCUT2D eigenvalue weighted by Gasteiger charge is 2.51. The molecule has 0 aliphatic carbocycles. The highest BCUT2D eigenvalue weighted by molar-refractivity contribution is 7.91. The molecule has 0 saturated carbocycles. The molecule has 6 heteroatoms. The Hall–Kier alpha value is -7.12. The van der Waals surface area contributed by atoms with Gasteiger partial charge in [-0.05, 0) is 85.5 Å². The number of pyridine rings is 1. The third kappa shape index (κ3) is 5.14. The number of sulfone groups is 1. The minimum absolute atomic E-state index is 0.323. The molecule has 60 heavy (non-hydrogen) atoms. The molecular weight excluding hydrogens is 769 g/mol. The van der Waals surface area contributed by atoms with E-state index in [4.69, 9.17) is 0 Å². The first-order valence-electron chi connectivity index (χ1n) is 20.2. The van der Waals surface area contributed by atoms with Crippen molar-refractivity contribution in [3.05, 3.63) is 253 Å². The molecule has 4 nitrogen and oxygen atoms in total. The fourth-order valence-corrected chi connectivity index (χ4v) is 16.6. The molecule has 1 aliphatic heterocycles. The Bertz CT molecular complexity index is 3220. The average molecular weight is 807 g/mol. The molecule has 3 heterocycles. The maximum Gasteiger partial charge on any atom is 0.207 e. The molecule has 0 spiro atoms. The van der Waals surface area contributed by atoms with Crippen LogP contribution in [0, 0.1) is 0 Å². The number of para-hydroxylation sites is 1. The van der Waals surface area contributed by atoms with E-state index in [2.05, 4.69) is 185 Å². The van der Waals surface area contributed by atoms with Crippen LogP contribution < -0.4 is 20.7 Å². The largest absolute Gasteiger partial charge is 0.308 e. The predicted molar refractivity (Wildman–Crippen MR) is 246 cm³/mol. The van der Waals surface area contributed by atoms with Gasteiger partial charge < -0.3 is 4.57 Å². The number of hydrogen-bond donors (Lipinski definition) is 0. The second-order valence-corrected chi connectivity index (χ2v) is 21.2. The normalized spacial score (nSPS) is 15.7. The number of benzene rings is 8. The Morgan fingerprint density at radius 3 is 1.65 bits per heavy atom. The van der Waals surface area contributed by atoms with Gasteiger partial charge in [0.05, 0.1) is 38.1 Å². The second kappa shape index (κ2) is 14.0. The molecule has 286 valence electrons. The summed E-state index contributed by atoms with van der Waals surface area (Å²) in [4.78, 5) is 5.13. The van der Waals surface area contributed by atoms with Gasteiger partial charge in [-0.2, -0.15) is 0 Å². The van der Waals surface area contributed by atoms with Crippen molar-refractivity contribution in [2.45, 2.75) is 15.2 Å². The maximum absolute atomic E-state index is 15.2. The molecule has 0 bridgehead atoms. The van der Waals surface area contributed by atoms with Crippen LogP contribution in [-0.2, 0) is 15.3 Å². The van der Waals surface area contributed by atoms with Crippen LogP contribution in [-0.4, -0.2) is 26.0 Å². The molecule has 2 aromatic heterocycles. The van der Waals surface area contributed by atoms with E-state index in [-0.39, 0.29) is 0 Å². The fraction of sp³-hybridized carbons (Fsp3) is 0.0185. The van der Waals surface area contributed by atoms with Gasteiger partial charge in [0.1, 0.15) is 0 Å².